The summed E-state index contributed by atoms with van der Waals surface area (Å²) in [5.41, 5.74) is 2.00. The summed E-state index contributed by atoms with van der Waals surface area (Å²) >= 11 is 7.60. The summed E-state index contributed by atoms with van der Waals surface area (Å²) < 4.78 is 13.1. The van der Waals surface area contributed by atoms with Gasteiger partial charge in [-0.3, -0.25) is 4.57 Å². The lowest BCUT2D eigenvalue weighted by atomic mass is 10.2. The number of rotatable bonds is 7. The van der Waals surface area contributed by atoms with Crippen LogP contribution in [0.1, 0.15) is 11.5 Å². The summed E-state index contributed by atoms with van der Waals surface area (Å²) in [5.74, 6) is 2.38. The Balaban J connectivity index is 1.35. The maximum absolute atomic E-state index is 6.07. The van der Waals surface area contributed by atoms with Crippen molar-refractivity contribution in [1.29, 1.82) is 0 Å². The fraction of sp³-hybridized carbons (Fsp3) is 0.273. The van der Waals surface area contributed by atoms with E-state index in [1.807, 2.05) is 42.5 Å². The van der Waals surface area contributed by atoms with Gasteiger partial charge in [-0.15, -0.1) is 10.2 Å². The number of hydrogen-bond acceptors (Lipinski definition) is 8. The van der Waals surface area contributed by atoms with E-state index in [-0.39, 0.29) is 0 Å². The van der Waals surface area contributed by atoms with E-state index < -0.39 is 0 Å². The molecule has 1 saturated heterocycles. The summed E-state index contributed by atoms with van der Waals surface area (Å²) in [4.78, 5) is 6.72. The molecule has 1 aliphatic heterocycles. The molecule has 164 valence electrons. The minimum atomic E-state index is 0.490. The van der Waals surface area contributed by atoms with Crippen molar-refractivity contribution in [2.45, 2.75) is 17.5 Å². The molecule has 0 saturated carbocycles. The number of ether oxygens (including phenoxy) is 1. The van der Waals surface area contributed by atoms with Crippen LogP contribution < -0.4 is 4.90 Å². The summed E-state index contributed by atoms with van der Waals surface area (Å²) in [7, 11) is 0. The Bertz CT molecular complexity index is 1180. The molecule has 0 amide bonds. The third-order valence-electron chi connectivity index (χ3n) is 5.05. The smallest absolute Gasteiger partial charge is 0.237 e. The van der Waals surface area contributed by atoms with E-state index in [0.29, 0.717) is 42.2 Å². The van der Waals surface area contributed by atoms with Crippen LogP contribution in [0.5, 0.6) is 0 Å². The minimum absolute atomic E-state index is 0.490. The van der Waals surface area contributed by atoms with Crippen LogP contribution in [0.4, 0.5) is 5.95 Å². The second-order valence-electron chi connectivity index (χ2n) is 7.26. The van der Waals surface area contributed by atoms with Crippen LogP contribution in [0.3, 0.4) is 0 Å². The zero-order valence-corrected chi connectivity index (χ0v) is 18.8. The molecule has 3 heterocycles. The Morgan fingerprint density at radius 2 is 1.84 bits per heavy atom. The molecule has 10 heteroatoms. The van der Waals surface area contributed by atoms with E-state index in [0.717, 1.165) is 29.8 Å². The van der Waals surface area contributed by atoms with Crippen LogP contribution in [0.15, 0.2) is 64.3 Å². The van der Waals surface area contributed by atoms with Crippen LogP contribution in [-0.2, 0) is 17.0 Å². The van der Waals surface area contributed by atoms with Crippen molar-refractivity contribution in [3.05, 3.63) is 71.1 Å². The molecule has 1 aliphatic rings. The van der Waals surface area contributed by atoms with E-state index in [1.165, 1.54) is 17.3 Å². The van der Waals surface area contributed by atoms with Gasteiger partial charge in [0.25, 0.3) is 0 Å². The van der Waals surface area contributed by atoms with E-state index in [4.69, 9.17) is 20.9 Å². The molecule has 0 bridgehead atoms. The van der Waals surface area contributed by atoms with Gasteiger partial charge in [-0.25, -0.2) is 0 Å². The number of aromatic nitrogens is 5. The monoisotopic (exact) mass is 468 g/mol. The van der Waals surface area contributed by atoms with Gasteiger partial charge in [0.05, 0.1) is 25.5 Å². The average molecular weight is 469 g/mol. The molecule has 2 aromatic carbocycles. The number of nitrogens with zero attached hydrogens (tertiary/aromatic N) is 6. The van der Waals surface area contributed by atoms with Gasteiger partial charge in [-0.1, -0.05) is 71.0 Å². The van der Waals surface area contributed by atoms with Crippen molar-refractivity contribution in [1.82, 2.24) is 24.9 Å². The fourth-order valence-electron chi connectivity index (χ4n) is 3.47. The van der Waals surface area contributed by atoms with E-state index in [2.05, 4.69) is 41.9 Å². The summed E-state index contributed by atoms with van der Waals surface area (Å²) in [6.07, 6.45) is 0. The van der Waals surface area contributed by atoms with Crippen LogP contribution in [-0.4, -0.2) is 51.2 Å². The van der Waals surface area contributed by atoms with Crippen LogP contribution in [0.2, 0.25) is 5.02 Å². The van der Waals surface area contributed by atoms with E-state index in [9.17, 15) is 0 Å². The molecule has 0 spiro atoms. The minimum Gasteiger partial charge on any atom is -0.378 e. The fourth-order valence-corrected chi connectivity index (χ4v) is 4.43. The van der Waals surface area contributed by atoms with Crippen molar-refractivity contribution < 1.29 is 9.26 Å². The lowest BCUT2D eigenvalue weighted by molar-refractivity contribution is 0.121. The molecule has 0 N–H and O–H groups in total. The molecule has 0 aliphatic carbocycles. The van der Waals surface area contributed by atoms with Crippen molar-refractivity contribution >= 4 is 29.3 Å². The summed E-state index contributed by atoms with van der Waals surface area (Å²) in [6, 6.07) is 17.7. The SMILES string of the molecule is Clc1cccc(-c2noc(CSc3nnc(N4CCOCC4)n3Cc3ccccc3)n2)c1. The molecule has 4 aromatic rings. The highest BCUT2D eigenvalue weighted by Crippen LogP contribution is 2.27. The normalized spacial score (nSPS) is 14.1. The van der Waals surface area contributed by atoms with E-state index in [1.54, 1.807) is 0 Å². The van der Waals surface area contributed by atoms with Gasteiger partial charge in [0, 0.05) is 23.7 Å². The highest BCUT2D eigenvalue weighted by Gasteiger charge is 2.21. The topological polar surface area (TPSA) is 82.1 Å². The standard InChI is InChI=1S/C22H21ClN6O2S/c23-18-8-4-7-17(13-18)20-24-19(31-27-20)15-32-22-26-25-21(28-9-11-30-12-10-28)29(22)14-16-5-2-1-3-6-16/h1-8,13H,9-12,14-15H2. The van der Waals surface area contributed by atoms with Gasteiger partial charge in [-0.05, 0) is 17.7 Å². The lowest BCUT2D eigenvalue weighted by Crippen LogP contribution is -2.38. The quantitative estimate of drug-likeness (QED) is 0.374. The molecule has 1 fully saturated rings. The highest BCUT2D eigenvalue weighted by molar-refractivity contribution is 7.98. The molecule has 5 rings (SSSR count). The molecule has 0 atom stereocenters. The first-order chi connectivity index (χ1) is 15.8. The van der Waals surface area contributed by atoms with Crippen LogP contribution in [0.25, 0.3) is 11.4 Å². The lowest BCUT2D eigenvalue weighted by Gasteiger charge is -2.28. The number of thioether (sulfide) groups is 1. The van der Waals surface area contributed by atoms with Gasteiger partial charge in [-0.2, -0.15) is 4.98 Å². The van der Waals surface area contributed by atoms with Crippen LogP contribution >= 0.6 is 23.4 Å². The van der Waals surface area contributed by atoms with Gasteiger partial charge in [0.1, 0.15) is 0 Å². The third-order valence-corrected chi connectivity index (χ3v) is 6.24. The second kappa shape index (κ2) is 9.72. The molecular weight excluding hydrogens is 448 g/mol. The van der Waals surface area contributed by atoms with E-state index >= 15 is 0 Å². The Morgan fingerprint density at radius 3 is 2.66 bits per heavy atom. The highest BCUT2D eigenvalue weighted by atomic mass is 35.5. The molecule has 0 radical (unpaired) electrons. The van der Waals surface area contributed by atoms with Gasteiger partial charge < -0.3 is 14.2 Å². The molecular formula is C22H21ClN6O2S. The van der Waals surface area contributed by atoms with Gasteiger partial charge >= 0.3 is 0 Å². The third kappa shape index (κ3) is 4.79. The first-order valence-corrected chi connectivity index (χ1v) is 11.6. The zero-order chi connectivity index (χ0) is 21.8. The Labute approximate surface area is 194 Å². The summed E-state index contributed by atoms with van der Waals surface area (Å²) in [6.45, 7) is 3.65. The van der Waals surface area contributed by atoms with Crippen LogP contribution in [0, 0.1) is 0 Å². The maximum Gasteiger partial charge on any atom is 0.237 e. The second-order valence-corrected chi connectivity index (χ2v) is 8.64. The molecule has 32 heavy (non-hydrogen) atoms. The Hall–Kier alpha value is -2.88. The van der Waals surface area contributed by atoms with Crippen molar-refractivity contribution in [3.63, 3.8) is 0 Å². The zero-order valence-electron chi connectivity index (χ0n) is 17.2. The first-order valence-electron chi connectivity index (χ1n) is 10.3. The van der Waals surface area contributed by atoms with Crippen molar-refractivity contribution in [2.24, 2.45) is 0 Å². The predicted octanol–water partition coefficient (Wildman–Crippen LogP) is 4.16. The average Bonchev–Trinajstić information content (AvgIpc) is 3.46. The molecule has 2 aromatic heterocycles. The predicted molar refractivity (Wildman–Crippen MR) is 123 cm³/mol. The van der Waals surface area contributed by atoms with Gasteiger partial charge in [0.15, 0.2) is 5.16 Å². The van der Waals surface area contributed by atoms with Crippen molar-refractivity contribution in [2.75, 3.05) is 31.2 Å². The van der Waals surface area contributed by atoms with Gasteiger partial charge in [0.2, 0.25) is 17.7 Å². The molecule has 0 unspecified atom stereocenters. The number of halogens is 1. The van der Waals surface area contributed by atoms with Crippen molar-refractivity contribution in [3.8, 4) is 11.4 Å². The number of benzene rings is 2. The maximum atomic E-state index is 6.07. The first kappa shape index (κ1) is 21.0. The largest absolute Gasteiger partial charge is 0.378 e. The summed E-state index contributed by atoms with van der Waals surface area (Å²) in [5, 5.41) is 14.5. The Kier molecular flexibility index (Phi) is 6.38. The molecule has 8 nitrogen and oxygen atoms in total. The number of hydrogen-bond donors (Lipinski definition) is 0. The Morgan fingerprint density at radius 1 is 1.00 bits per heavy atom. The number of morpholine rings is 1. The number of anilines is 1.